The molecule has 5 aromatic rings. The predicted molar refractivity (Wildman–Crippen MR) is 136 cm³/mol. The lowest BCUT2D eigenvalue weighted by atomic mass is 10.1. The van der Waals surface area contributed by atoms with Crippen LogP contribution in [0.25, 0.3) is 20.7 Å². The predicted octanol–water partition coefficient (Wildman–Crippen LogP) is 8.50. The van der Waals surface area contributed by atoms with Crippen molar-refractivity contribution in [1.82, 2.24) is 5.16 Å². The number of nitrogens with zero attached hydrogens (tertiary/aromatic N) is 2. The van der Waals surface area contributed by atoms with Gasteiger partial charge >= 0.3 is 12.4 Å². The molecule has 0 saturated heterocycles. The highest BCUT2D eigenvalue weighted by Gasteiger charge is 2.37. The van der Waals surface area contributed by atoms with Crippen molar-refractivity contribution in [3.63, 3.8) is 0 Å². The van der Waals surface area contributed by atoms with Crippen LogP contribution in [0.15, 0.2) is 69.4 Å². The van der Waals surface area contributed by atoms with Crippen molar-refractivity contribution in [2.45, 2.75) is 30.0 Å². The maximum absolute atomic E-state index is 13.9. The number of rotatable bonds is 6. The molecule has 0 aliphatic rings. The number of hydrogen-bond acceptors (Lipinski definition) is 6. The van der Waals surface area contributed by atoms with Crippen molar-refractivity contribution >= 4 is 47.8 Å². The second kappa shape index (κ2) is 9.89. The molecule has 0 bridgehead atoms. The molecule has 15 heteroatoms. The van der Waals surface area contributed by atoms with E-state index < -0.39 is 46.1 Å². The van der Waals surface area contributed by atoms with Crippen LogP contribution in [0.4, 0.5) is 35.7 Å². The summed E-state index contributed by atoms with van der Waals surface area (Å²) < 4.78 is 126. The average molecular weight is 621 g/mol. The van der Waals surface area contributed by atoms with E-state index in [0.29, 0.717) is 35.1 Å². The van der Waals surface area contributed by atoms with Gasteiger partial charge in [0.25, 0.3) is 10.0 Å². The van der Waals surface area contributed by atoms with Crippen LogP contribution < -0.4 is 4.31 Å². The van der Waals surface area contributed by atoms with E-state index in [1.54, 1.807) is 31.2 Å². The van der Waals surface area contributed by atoms with Gasteiger partial charge in [0.15, 0.2) is 0 Å². The molecule has 0 unspecified atom stereocenters. The summed E-state index contributed by atoms with van der Waals surface area (Å²) in [4.78, 5) is 0.0620. The molecule has 0 aliphatic heterocycles. The second-order valence-electron chi connectivity index (χ2n) is 8.54. The zero-order chi connectivity index (χ0) is 29.0. The number of alkyl halides is 6. The molecule has 0 atom stereocenters. The van der Waals surface area contributed by atoms with Crippen LogP contribution in [0, 0.1) is 12.7 Å². The first-order valence-corrected chi connectivity index (χ1v) is 14.2. The summed E-state index contributed by atoms with van der Waals surface area (Å²) in [7, 11) is -4.48. The number of thiophene rings is 2. The molecule has 0 amide bonds. The van der Waals surface area contributed by atoms with Gasteiger partial charge < -0.3 is 4.52 Å². The Bertz CT molecular complexity index is 1820. The van der Waals surface area contributed by atoms with Gasteiger partial charge in [0, 0.05) is 10.8 Å². The summed E-state index contributed by atoms with van der Waals surface area (Å²) in [6.45, 7) is 1.09. The molecular weight excluding hydrogens is 605 g/mol. The van der Waals surface area contributed by atoms with Crippen molar-refractivity contribution in [1.29, 1.82) is 0 Å². The molecule has 2 aromatic carbocycles. The number of benzene rings is 2. The molecule has 5 rings (SSSR count). The third-order valence-electron chi connectivity index (χ3n) is 5.88. The molecule has 0 aliphatic carbocycles. The first-order chi connectivity index (χ1) is 18.7. The van der Waals surface area contributed by atoms with Crippen LogP contribution in [0.1, 0.15) is 22.5 Å². The summed E-state index contributed by atoms with van der Waals surface area (Å²) in [5.41, 5.74) is -1.36. The van der Waals surface area contributed by atoms with E-state index in [2.05, 4.69) is 9.68 Å². The topological polar surface area (TPSA) is 63.4 Å². The molecule has 0 spiro atoms. The van der Waals surface area contributed by atoms with Gasteiger partial charge in [0.05, 0.1) is 17.0 Å². The fraction of sp³-hybridized carbons (Fsp3) is 0.160. The van der Waals surface area contributed by atoms with Gasteiger partial charge in [0.2, 0.25) is 5.76 Å². The first kappa shape index (κ1) is 28.1. The molecule has 0 N–H and O–H groups in total. The minimum absolute atomic E-state index is 0.0620. The van der Waals surface area contributed by atoms with E-state index in [9.17, 15) is 39.2 Å². The fourth-order valence-corrected chi connectivity index (χ4v) is 8.25. The Balaban J connectivity index is 1.61. The van der Waals surface area contributed by atoms with Gasteiger partial charge in [-0.1, -0.05) is 29.4 Å². The van der Waals surface area contributed by atoms with E-state index in [1.165, 1.54) is 12.1 Å². The Morgan fingerprint density at radius 1 is 0.925 bits per heavy atom. The van der Waals surface area contributed by atoms with E-state index in [1.807, 2.05) is 0 Å². The number of aryl methyl sites for hydroxylation is 1. The molecule has 40 heavy (non-hydrogen) atoms. The van der Waals surface area contributed by atoms with Crippen LogP contribution in [0.2, 0.25) is 0 Å². The Labute approximate surface area is 230 Å². The Morgan fingerprint density at radius 2 is 1.65 bits per heavy atom. The third kappa shape index (κ3) is 5.20. The fourth-order valence-electron chi connectivity index (χ4n) is 3.95. The first-order valence-electron chi connectivity index (χ1n) is 11.2. The van der Waals surface area contributed by atoms with Gasteiger partial charge in [-0.05, 0) is 53.8 Å². The summed E-state index contributed by atoms with van der Waals surface area (Å²) >= 11 is 1.72. The minimum atomic E-state index is -5.01. The number of aromatic nitrogens is 1. The second-order valence-corrected chi connectivity index (χ2v) is 12.7. The molecule has 210 valence electrons. The van der Waals surface area contributed by atoms with Crippen LogP contribution >= 0.6 is 22.7 Å². The maximum atomic E-state index is 13.9. The van der Waals surface area contributed by atoms with Gasteiger partial charge in [-0.25, -0.2) is 12.8 Å². The SMILES string of the molecule is Cc1c(N(Cc2ccc(F)c(C(F)(F)F)c2)S(=O)(=O)c2ccc(-c3cc(C(F)(F)F)on3)s2)sc2ccccc12. The lowest BCUT2D eigenvalue weighted by molar-refractivity contribution is -0.155. The third-order valence-corrected chi connectivity index (χ3v) is 10.6. The molecule has 3 heterocycles. The normalized spacial score (nSPS) is 12.8. The number of anilines is 1. The van der Waals surface area contributed by atoms with Gasteiger partial charge in [0.1, 0.15) is 20.7 Å². The molecule has 3 aromatic heterocycles. The highest BCUT2D eigenvalue weighted by Crippen LogP contribution is 2.43. The highest BCUT2D eigenvalue weighted by molar-refractivity contribution is 7.95. The standard InChI is InChI=1S/C25H15F7N2O3S3/c1-13-15-4-2-3-5-19(15)39-23(13)34(12-14-6-7-17(26)16(10-14)24(27,28)29)40(35,36)22-9-8-20(38-22)18-11-21(37-33-18)25(30,31)32/h2-11H,12H2,1H3. The molecule has 0 radical (unpaired) electrons. The monoisotopic (exact) mass is 620 g/mol. The average Bonchev–Trinajstić information content (AvgIpc) is 3.62. The van der Waals surface area contributed by atoms with Gasteiger partial charge in [-0.15, -0.1) is 22.7 Å². The Kier molecular flexibility index (Phi) is 6.95. The van der Waals surface area contributed by atoms with E-state index in [0.717, 1.165) is 31.8 Å². The summed E-state index contributed by atoms with van der Waals surface area (Å²) in [6.07, 6.45) is -9.80. The summed E-state index contributed by atoms with van der Waals surface area (Å²) in [6, 6.07) is 12.3. The van der Waals surface area contributed by atoms with Crippen molar-refractivity contribution in [2.24, 2.45) is 0 Å². The number of halogens is 7. The largest absolute Gasteiger partial charge is 0.452 e. The molecule has 5 nitrogen and oxygen atoms in total. The number of sulfonamides is 1. The summed E-state index contributed by atoms with van der Waals surface area (Å²) in [5.74, 6) is -2.86. The Hall–Kier alpha value is -3.43. The van der Waals surface area contributed by atoms with Crippen LogP contribution in [0.5, 0.6) is 0 Å². The molecule has 0 fully saturated rings. The lowest BCUT2D eigenvalue weighted by Gasteiger charge is -2.24. The number of hydrogen-bond donors (Lipinski definition) is 0. The smallest absolute Gasteiger partial charge is 0.351 e. The quantitative estimate of drug-likeness (QED) is 0.179. The molecule has 0 saturated carbocycles. The van der Waals surface area contributed by atoms with Crippen LogP contribution in [0.3, 0.4) is 0 Å². The van der Waals surface area contributed by atoms with Crippen LogP contribution in [-0.4, -0.2) is 13.6 Å². The van der Waals surface area contributed by atoms with E-state index >= 15 is 0 Å². The van der Waals surface area contributed by atoms with Crippen molar-refractivity contribution in [2.75, 3.05) is 4.31 Å². The lowest BCUT2D eigenvalue weighted by Crippen LogP contribution is -2.30. The Morgan fingerprint density at radius 3 is 2.30 bits per heavy atom. The van der Waals surface area contributed by atoms with Crippen LogP contribution in [-0.2, 0) is 28.9 Å². The van der Waals surface area contributed by atoms with Gasteiger partial charge in [-0.2, -0.15) is 26.3 Å². The zero-order valence-electron chi connectivity index (χ0n) is 20.0. The zero-order valence-corrected chi connectivity index (χ0v) is 22.4. The number of fused-ring (bicyclic) bond motifs is 1. The van der Waals surface area contributed by atoms with Crippen molar-refractivity contribution in [3.05, 3.63) is 88.9 Å². The van der Waals surface area contributed by atoms with E-state index in [-0.39, 0.29) is 25.3 Å². The minimum Gasteiger partial charge on any atom is -0.351 e. The van der Waals surface area contributed by atoms with Crippen molar-refractivity contribution in [3.8, 4) is 10.6 Å². The highest BCUT2D eigenvalue weighted by atomic mass is 32.2. The summed E-state index contributed by atoms with van der Waals surface area (Å²) in [5, 5.41) is 4.32. The van der Waals surface area contributed by atoms with E-state index in [4.69, 9.17) is 0 Å². The molecular formula is C25H15F7N2O3S3. The maximum Gasteiger partial charge on any atom is 0.452 e. The van der Waals surface area contributed by atoms with Gasteiger partial charge in [-0.3, -0.25) is 4.31 Å². The van der Waals surface area contributed by atoms with Crippen molar-refractivity contribution < 1.29 is 43.7 Å².